The lowest BCUT2D eigenvalue weighted by molar-refractivity contribution is -0.116. The Morgan fingerprint density at radius 3 is 2.50 bits per heavy atom. The van der Waals surface area contributed by atoms with Crippen molar-refractivity contribution in [3.63, 3.8) is 0 Å². The summed E-state index contributed by atoms with van der Waals surface area (Å²) in [5, 5.41) is 4.39. The number of thioether (sulfide) groups is 1. The highest BCUT2D eigenvalue weighted by atomic mass is 32.2. The topological polar surface area (TPSA) is 46.2 Å². The van der Waals surface area contributed by atoms with Crippen molar-refractivity contribution >= 4 is 22.8 Å². The van der Waals surface area contributed by atoms with Crippen molar-refractivity contribution in [2.24, 2.45) is 0 Å². The van der Waals surface area contributed by atoms with Crippen LogP contribution in [0.5, 0.6) is 0 Å². The van der Waals surface area contributed by atoms with Gasteiger partial charge in [-0.15, -0.1) is 0 Å². The van der Waals surface area contributed by atoms with Crippen molar-refractivity contribution in [2.75, 3.05) is 6.54 Å². The summed E-state index contributed by atoms with van der Waals surface area (Å²) in [6.45, 7) is 6.83. The summed E-state index contributed by atoms with van der Waals surface area (Å²) in [4.78, 5) is 23.8. The van der Waals surface area contributed by atoms with E-state index in [4.69, 9.17) is 0 Å². The molecule has 4 heteroatoms. The van der Waals surface area contributed by atoms with Gasteiger partial charge in [0.15, 0.2) is 0 Å². The average Bonchev–Trinajstić information content (AvgIpc) is 2.53. The van der Waals surface area contributed by atoms with E-state index in [1.807, 2.05) is 32.0 Å². The summed E-state index contributed by atoms with van der Waals surface area (Å²) in [6.07, 6.45) is 8.66. The maximum Gasteiger partial charge on any atom is 0.244 e. The van der Waals surface area contributed by atoms with Crippen LogP contribution in [0.4, 0.5) is 0 Å². The Kier molecular flexibility index (Phi) is 10.2. The molecule has 0 aliphatic carbocycles. The monoisotopic (exact) mass is 347 g/mol. The molecule has 0 aliphatic heterocycles. The van der Waals surface area contributed by atoms with E-state index in [2.05, 4.69) is 12.2 Å². The minimum Gasteiger partial charge on any atom is -0.353 e. The number of amides is 1. The predicted molar refractivity (Wildman–Crippen MR) is 103 cm³/mol. The number of carbonyl (C=O) groups is 2. The van der Waals surface area contributed by atoms with E-state index in [9.17, 15) is 9.59 Å². The summed E-state index contributed by atoms with van der Waals surface area (Å²) >= 11 is 1.05. The molecule has 0 spiro atoms. The van der Waals surface area contributed by atoms with Gasteiger partial charge >= 0.3 is 0 Å². The SMILES string of the molecule is CCCCCCCCNC(=O)/C=C\SC(=O)c1ccc(C)cc1C. The molecule has 0 radical (unpaired) electrons. The zero-order chi connectivity index (χ0) is 17.8. The van der Waals surface area contributed by atoms with Crippen molar-refractivity contribution < 1.29 is 9.59 Å². The second-order valence-corrected chi connectivity index (χ2v) is 6.96. The summed E-state index contributed by atoms with van der Waals surface area (Å²) in [6, 6.07) is 5.76. The molecular weight excluding hydrogens is 318 g/mol. The normalized spacial score (nSPS) is 11.0. The fraction of sp³-hybridized carbons (Fsp3) is 0.500. The molecule has 3 nitrogen and oxygen atoms in total. The van der Waals surface area contributed by atoms with E-state index in [0.717, 1.165) is 35.7 Å². The Hall–Kier alpha value is -1.55. The second kappa shape index (κ2) is 11.9. The fourth-order valence-corrected chi connectivity index (χ4v) is 3.11. The largest absolute Gasteiger partial charge is 0.353 e. The number of unbranched alkanes of at least 4 members (excludes halogenated alkanes) is 5. The van der Waals surface area contributed by atoms with Crippen LogP contribution < -0.4 is 5.32 Å². The first-order valence-electron chi connectivity index (χ1n) is 8.77. The Morgan fingerprint density at radius 2 is 1.79 bits per heavy atom. The van der Waals surface area contributed by atoms with Crippen LogP contribution in [0.2, 0.25) is 0 Å². The minimum atomic E-state index is -0.135. The van der Waals surface area contributed by atoms with Crippen molar-refractivity contribution in [3.05, 3.63) is 46.4 Å². The number of hydrogen-bond donors (Lipinski definition) is 1. The molecule has 132 valence electrons. The molecule has 0 bridgehead atoms. The Labute approximate surface area is 150 Å². The van der Waals surface area contributed by atoms with Gasteiger partial charge in [-0.2, -0.15) is 0 Å². The van der Waals surface area contributed by atoms with Crippen LogP contribution >= 0.6 is 11.8 Å². The van der Waals surface area contributed by atoms with E-state index in [1.54, 1.807) is 5.41 Å². The molecule has 1 aromatic rings. The number of rotatable bonds is 10. The third-order valence-electron chi connectivity index (χ3n) is 3.83. The molecule has 0 fully saturated rings. The molecule has 1 aromatic carbocycles. The lowest BCUT2D eigenvalue weighted by Crippen LogP contribution is -2.21. The average molecular weight is 348 g/mol. The van der Waals surface area contributed by atoms with Gasteiger partial charge in [0.2, 0.25) is 11.0 Å². The van der Waals surface area contributed by atoms with Crippen LogP contribution in [-0.4, -0.2) is 17.6 Å². The second-order valence-electron chi connectivity index (χ2n) is 6.09. The lowest BCUT2D eigenvalue weighted by atomic mass is 10.1. The first-order chi connectivity index (χ1) is 11.5. The quantitative estimate of drug-likeness (QED) is 0.469. The van der Waals surface area contributed by atoms with Gasteiger partial charge in [-0.25, -0.2) is 0 Å². The minimum absolute atomic E-state index is 0.0347. The number of nitrogens with one attached hydrogen (secondary N) is 1. The summed E-state index contributed by atoms with van der Waals surface area (Å²) in [5.41, 5.74) is 2.80. The highest BCUT2D eigenvalue weighted by Crippen LogP contribution is 2.18. The predicted octanol–water partition coefficient (Wildman–Crippen LogP) is 5.17. The van der Waals surface area contributed by atoms with Crippen LogP contribution in [0.25, 0.3) is 0 Å². The molecule has 0 aliphatic rings. The summed E-state index contributed by atoms with van der Waals surface area (Å²) < 4.78 is 0. The third-order valence-corrected chi connectivity index (χ3v) is 4.53. The first-order valence-corrected chi connectivity index (χ1v) is 9.65. The maximum atomic E-state index is 12.1. The lowest BCUT2D eigenvalue weighted by Gasteiger charge is -2.04. The molecule has 0 saturated heterocycles. The number of hydrogen-bond acceptors (Lipinski definition) is 3. The molecule has 0 heterocycles. The highest BCUT2D eigenvalue weighted by Gasteiger charge is 2.08. The number of benzene rings is 1. The smallest absolute Gasteiger partial charge is 0.244 e. The zero-order valence-electron chi connectivity index (χ0n) is 15.1. The van der Waals surface area contributed by atoms with Gasteiger partial charge in [0, 0.05) is 18.2 Å². The van der Waals surface area contributed by atoms with E-state index < -0.39 is 0 Å². The van der Waals surface area contributed by atoms with Gasteiger partial charge in [-0.1, -0.05) is 68.5 Å². The first kappa shape index (κ1) is 20.5. The molecule has 0 aromatic heterocycles. The van der Waals surface area contributed by atoms with Gasteiger partial charge < -0.3 is 5.32 Å². The van der Waals surface area contributed by atoms with Crippen LogP contribution in [-0.2, 0) is 4.79 Å². The zero-order valence-corrected chi connectivity index (χ0v) is 15.9. The van der Waals surface area contributed by atoms with Crippen molar-refractivity contribution in [2.45, 2.75) is 59.3 Å². The van der Waals surface area contributed by atoms with Crippen molar-refractivity contribution in [1.29, 1.82) is 0 Å². The summed E-state index contributed by atoms with van der Waals surface area (Å²) in [5.74, 6) is -0.135. The highest BCUT2D eigenvalue weighted by molar-refractivity contribution is 8.16. The molecule has 0 unspecified atom stereocenters. The van der Waals surface area contributed by atoms with Crippen LogP contribution in [0, 0.1) is 13.8 Å². The maximum absolute atomic E-state index is 12.1. The van der Waals surface area contributed by atoms with E-state index >= 15 is 0 Å². The Balaban J connectivity index is 2.23. The van der Waals surface area contributed by atoms with Gasteiger partial charge in [-0.3, -0.25) is 9.59 Å². The summed E-state index contributed by atoms with van der Waals surface area (Å²) in [7, 11) is 0. The van der Waals surface area contributed by atoms with Gasteiger partial charge in [0.25, 0.3) is 0 Å². The van der Waals surface area contributed by atoms with E-state index in [-0.39, 0.29) is 11.0 Å². The van der Waals surface area contributed by atoms with E-state index in [0.29, 0.717) is 12.1 Å². The van der Waals surface area contributed by atoms with Crippen LogP contribution in [0.3, 0.4) is 0 Å². The molecule has 1 amide bonds. The standard InChI is InChI=1S/C20H29NO2S/c1-4-5-6-7-8-9-13-21-19(22)12-14-24-20(23)18-11-10-16(2)15-17(18)3/h10-12,14-15H,4-9,13H2,1-3H3,(H,21,22)/b14-12-. The molecular formula is C20H29NO2S. The van der Waals surface area contributed by atoms with Gasteiger partial charge in [0.05, 0.1) is 0 Å². The van der Waals surface area contributed by atoms with Crippen LogP contribution in [0.15, 0.2) is 29.7 Å². The van der Waals surface area contributed by atoms with Crippen LogP contribution in [0.1, 0.15) is 66.9 Å². The van der Waals surface area contributed by atoms with Crippen molar-refractivity contribution in [3.8, 4) is 0 Å². The molecule has 1 rings (SSSR count). The van der Waals surface area contributed by atoms with E-state index in [1.165, 1.54) is 31.8 Å². The molecule has 1 N–H and O–H groups in total. The Morgan fingerprint density at radius 1 is 1.08 bits per heavy atom. The van der Waals surface area contributed by atoms with Gasteiger partial charge in [-0.05, 0) is 37.3 Å². The molecule has 0 atom stereocenters. The number of carbonyl (C=O) groups excluding carboxylic acids is 2. The fourth-order valence-electron chi connectivity index (χ4n) is 2.44. The molecule has 0 saturated carbocycles. The van der Waals surface area contributed by atoms with Crippen molar-refractivity contribution in [1.82, 2.24) is 5.32 Å². The molecule has 24 heavy (non-hydrogen) atoms. The van der Waals surface area contributed by atoms with Gasteiger partial charge in [0.1, 0.15) is 0 Å². The third kappa shape index (κ3) is 8.34. The number of aryl methyl sites for hydroxylation is 2. The Bertz CT molecular complexity index is 567.